The van der Waals surface area contributed by atoms with Gasteiger partial charge in [0.15, 0.2) is 0 Å². The molecule has 2 aromatic carbocycles. The zero-order chi connectivity index (χ0) is 20.0. The molecule has 1 heterocycles. The lowest BCUT2D eigenvalue weighted by Crippen LogP contribution is -2.44. The molecule has 0 aliphatic carbocycles. The van der Waals surface area contributed by atoms with Gasteiger partial charge in [-0.15, -0.1) is 0 Å². The van der Waals surface area contributed by atoms with Crippen molar-refractivity contribution >= 4 is 15.7 Å². The van der Waals surface area contributed by atoms with Crippen molar-refractivity contribution in [2.75, 3.05) is 37.6 Å². The lowest BCUT2D eigenvalue weighted by molar-refractivity contribution is 0.107. The zero-order valence-corrected chi connectivity index (χ0v) is 17.0. The van der Waals surface area contributed by atoms with Crippen LogP contribution in [0.4, 0.5) is 5.69 Å². The molecule has 1 N–H and O–H groups in total. The lowest BCUT2D eigenvalue weighted by Gasteiger charge is -2.31. The summed E-state index contributed by atoms with van der Waals surface area (Å²) in [4.78, 5) is 2.41. The van der Waals surface area contributed by atoms with Crippen LogP contribution in [0.25, 0.3) is 0 Å². The van der Waals surface area contributed by atoms with Crippen molar-refractivity contribution in [3.63, 3.8) is 0 Å². The van der Waals surface area contributed by atoms with Crippen molar-refractivity contribution in [1.82, 2.24) is 4.90 Å². The minimum absolute atomic E-state index is 0.0000560. The summed E-state index contributed by atoms with van der Waals surface area (Å²) in [6.07, 6.45) is 2.68. The maximum absolute atomic E-state index is 13.3. The molecule has 152 valence electrons. The molecule has 0 radical (unpaired) electrons. The summed E-state index contributed by atoms with van der Waals surface area (Å²) in [5.41, 5.74) is 0.502. The lowest BCUT2D eigenvalue weighted by atomic mass is 10.1. The monoisotopic (exact) mass is 404 g/mol. The van der Waals surface area contributed by atoms with Crippen LogP contribution in [0.1, 0.15) is 19.3 Å². The van der Waals surface area contributed by atoms with E-state index in [2.05, 4.69) is 4.90 Å². The highest BCUT2D eigenvalue weighted by Crippen LogP contribution is 2.26. The van der Waals surface area contributed by atoms with E-state index in [0.29, 0.717) is 18.0 Å². The van der Waals surface area contributed by atoms with E-state index in [-0.39, 0.29) is 11.4 Å². The third kappa shape index (κ3) is 5.04. The van der Waals surface area contributed by atoms with Crippen LogP contribution in [0.5, 0.6) is 5.75 Å². The second kappa shape index (κ2) is 9.41. The molecule has 0 unspecified atom stereocenters. The molecule has 0 spiro atoms. The first-order valence-corrected chi connectivity index (χ1v) is 11.1. The summed E-state index contributed by atoms with van der Waals surface area (Å²) in [7, 11) is -2.23. The Morgan fingerprint density at radius 1 is 1.04 bits per heavy atom. The molecule has 1 aliphatic rings. The van der Waals surface area contributed by atoms with Gasteiger partial charge in [0.1, 0.15) is 5.75 Å². The number of methoxy groups -OCH3 is 1. The maximum Gasteiger partial charge on any atom is 0.264 e. The van der Waals surface area contributed by atoms with Gasteiger partial charge in [0, 0.05) is 6.54 Å². The number of sulfonamides is 1. The zero-order valence-electron chi connectivity index (χ0n) is 16.2. The minimum atomic E-state index is -3.80. The summed E-state index contributed by atoms with van der Waals surface area (Å²) in [6, 6.07) is 15.2. The largest absolute Gasteiger partial charge is 0.497 e. The Hall–Kier alpha value is -2.09. The van der Waals surface area contributed by atoms with Gasteiger partial charge in [0.2, 0.25) is 0 Å². The molecule has 1 atom stereocenters. The van der Waals surface area contributed by atoms with E-state index in [1.54, 1.807) is 61.7 Å². The molecule has 3 rings (SSSR count). The van der Waals surface area contributed by atoms with Gasteiger partial charge in [-0.2, -0.15) is 0 Å². The van der Waals surface area contributed by atoms with Gasteiger partial charge in [-0.25, -0.2) is 8.42 Å². The van der Waals surface area contributed by atoms with E-state index in [4.69, 9.17) is 4.74 Å². The van der Waals surface area contributed by atoms with Crippen LogP contribution in [0.3, 0.4) is 0 Å². The third-order valence-corrected chi connectivity index (χ3v) is 6.79. The van der Waals surface area contributed by atoms with E-state index in [1.807, 2.05) is 0 Å². The molecule has 1 saturated heterocycles. The van der Waals surface area contributed by atoms with Crippen LogP contribution in [-0.2, 0) is 10.0 Å². The smallest absolute Gasteiger partial charge is 0.264 e. The first-order valence-electron chi connectivity index (χ1n) is 9.63. The first-order chi connectivity index (χ1) is 13.5. The molecule has 1 aliphatic heterocycles. The van der Waals surface area contributed by atoms with Crippen molar-refractivity contribution in [3.05, 3.63) is 54.6 Å². The van der Waals surface area contributed by atoms with Gasteiger partial charge < -0.3 is 14.7 Å². The Kier molecular flexibility index (Phi) is 6.93. The minimum Gasteiger partial charge on any atom is -0.497 e. The Bertz CT molecular complexity index is 834. The first kappa shape index (κ1) is 20.6. The van der Waals surface area contributed by atoms with E-state index < -0.39 is 16.1 Å². The number of hydrogen-bond donors (Lipinski definition) is 1. The Morgan fingerprint density at radius 3 is 2.29 bits per heavy atom. The number of aliphatic hydroxyl groups excluding tert-OH is 1. The van der Waals surface area contributed by atoms with E-state index in [9.17, 15) is 13.5 Å². The number of piperidine rings is 1. The normalized spacial score (nSPS) is 16.5. The van der Waals surface area contributed by atoms with Crippen LogP contribution in [0, 0.1) is 0 Å². The fourth-order valence-electron chi connectivity index (χ4n) is 3.50. The van der Waals surface area contributed by atoms with Gasteiger partial charge in [-0.1, -0.05) is 24.6 Å². The number of ether oxygens (including phenoxy) is 1. The van der Waals surface area contributed by atoms with Crippen molar-refractivity contribution < 1.29 is 18.3 Å². The molecule has 28 heavy (non-hydrogen) atoms. The topological polar surface area (TPSA) is 70.1 Å². The number of aliphatic hydroxyl groups is 1. The van der Waals surface area contributed by atoms with Crippen molar-refractivity contribution in [3.8, 4) is 5.75 Å². The van der Waals surface area contributed by atoms with Crippen LogP contribution < -0.4 is 9.04 Å². The molecule has 2 aromatic rings. The van der Waals surface area contributed by atoms with Crippen LogP contribution in [-0.4, -0.2) is 57.8 Å². The van der Waals surface area contributed by atoms with E-state index in [0.717, 1.165) is 25.9 Å². The average molecular weight is 405 g/mol. The van der Waals surface area contributed by atoms with Gasteiger partial charge in [-0.3, -0.25) is 4.31 Å². The van der Waals surface area contributed by atoms with Gasteiger partial charge in [0.25, 0.3) is 10.0 Å². The molecule has 0 aromatic heterocycles. The fourth-order valence-corrected chi connectivity index (χ4v) is 5.02. The number of likely N-dealkylation sites (tertiary alicyclic amines) is 1. The maximum atomic E-state index is 13.3. The van der Waals surface area contributed by atoms with Crippen LogP contribution in [0.2, 0.25) is 0 Å². The molecule has 0 bridgehead atoms. The van der Waals surface area contributed by atoms with Crippen molar-refractivity contribution in [2.24, 2.45) is 0 Å². The fraction of sp³-hybridized carbons (Fsp3) is 0.429. The predicted octanol–water partition coefficient (Wildman–Crippen LogP) is 2.74. The number of hydrogen-bond acceptors (Lipinski definition) is 5. The second-order valence-corrected chi connectivity index (χ2v) is 8.92. The average Bonchev–Trinajstić information content (AvgIpc) is 2.73. The standard InChI is InChI=1S/C21H28N2O4S/c1-27-20-12-10-18(11-13-20)23(28(25,26)21-8-4-2-5-9-21)17-19(24)16-22-14-6-3-7-15-22/h2,4-5,8-13,19,24H,3,6-7,14-17H2,1H3/t19-/m0/s1. The summed E-state index contributed by atoms with van der Waals surface area (Å²) in [5, 5.41) is 10.7. The molecule has 6 nitrogen and oxygen atoms in total. The number of benzene rings is 2. The Balaban J connectivity index is 1.85. The predicted molar refractivity (Wildman–Crippen MR) is 110 cm³/mol. The highest BCUT2D eigenvalue weighted by Gasteiger charge is 2.28. The van der Waals surface area contributed by atoms with Gasteiger partial charge in [0.05, 0.1) is 30.3 Å². The van der Waals surface area contributed by atoms with Crippen molar-refractivity contribution in [1.29, 1.82) is 0 Å². The molecule has 1 fully saturated rings. The molecular weight excluding hydrogens is 376 g/mol. The number of nitrogens with zero attached hydrogens (tertiary/aromatic N) is 2. The highest BCUT2D eigenvalue weighted by atomic mass is 32.2. The van der Waals surface area contributed by atoms with Gasteiger partial charge in [-0.05, 0) is 62.3 Å². The van der Waals surface area contributed by atoms with Gasteiger partial charge >= 0.3 is 0 Å². The SMILES string of the molecule is COc1ccc(N(C[C@@H](O)CN2CCCCC2)S(=O)(=O)c2ccccc2)cc1. The summed E-state index contributed by atoms with van der Waals surface area (Å²) >= 11 is 0. The second-order valence-electron chi connectivity index (χ2n) is 7.06. The molecule has 0 amide bonds. The molecule has 7 heteroatoms. The quantitative estimate of drug-likeness (QED) is 0.733. The summed E-state index contributed by atoms with van der Waals surface area (Å²) in [5.74, 6) is 0.648. The number of β-amino-alcohol motifs (C(OH)–C–C–N with tert-alkyl or cyclic N) is 1. The van der Waals surface area contributed by atoms with E-state index in [1.165, 1.54) is 10.7 Å². The molecule has 0 saturated carbocycles. The number of anilines is 1. The van der Waals surface area contributed by atoms with Crippen LogP contribution in [0.15, 0.2) is 59.5 Å². The van der Waals surface area contributed by atoms with E-state index >= 15 is 0 Å². The third-order valence-electron chi connectivity index (χ3n) is 4.99. The Labute approximate surface area is 167 Å². The Morgan fingerprint density at radius 2 is 1.68 bits per heavy atom. The number of rotatable bonds is 8. The highest BCUT2D eigenvalue weighted by molar-refractivity contribution is 7.92. The van der Waals surface area contributed by atoms with Crippen LogP contribution >= 0.6 is 0 Å². The summed E-state index contributed by atoms with van der Waals surface area (Å²) < 4.78 is 33.0. The summed E-state index contributed by atoms with van der Waals surface area (Å²) in [6.45, 7) is 2.37. The van der Waals surface area contributed by atoms with Crippen molar-refractivity contribution in [2.45, 2.75) is 30.3 Å². The molecular formula is C21H28N2O4S.